The Kier molecular flexibility index (Phi) is 4.57. The van der Waals surface area contributed by atoms with Crippen LogP contribution in [0, 0.1) is 0 Å². The maximum Gasteiger partial charge on any atom is 0.224 e. The highest BCUT2D eigenvalue weighted by molar-refractivity contribution is 7.99. The Labute approximate surface area is 151 Å². The maximum atomic E-state index is 12.3. The number of nitrogens with one attached hydrogen (secondary N) is 1. The summed E-state index contributed by atoms with van der Waals surface area (Å²) >= 11 is 1.87. The number of carbonyl (C=O) groups is 1. The molecule has 0 fully saturated rings. The number of rotatable bonds is 5. The number of fused-ring (bicyclic) bond motifs is 1. The number of benzene rings is 1. The van der Waals surface area contributed by atoms with Crippen molar-refractivity contribution >= 4 is 17.7 Å². The van der Waals surface area contributed by atoms with Crippen molar-refractivity contribution in [2.45, 2.75) is 24.1 Å². The van der Waals surface area contributed by atoms with Gasteiger partial charge >= 0.3 is 0 Å². The van der Waals surface area contributed by atoms with E-state index in [-0.39, 0.29) is 11.3 Å². The predicted octanol–water partition coefficient (Wildman–Crippen LogP) is 3.54. The van der Waals surface area contributed by atoms with Gasteiger partial charge < -0.3 is 9.88 Å². The quantitative estimate of drug-likeness (QED) is 0.766. The third-order valence-corrected chi connectivity index (χ3v) is 5.66. The number of aromatic nitrogens is 2. The van der Waals surface area contributed by atoms with Gasteiger partial charge in [-0.2, -0.15) is 0 Å². The minimum absolute atomic E-state index is 0.0627. The van der Waals surface area contributed by atoms with E-state index in [0.717, 1.165) is 16.9 Å². The Morgan fingerprint density at radius 1 is 1.20 bits per heavy atom. The van der Waals surface area contributed by atoms with Gasteiger partial charge in [0.1, 0.15) is 5.37 Å². The molecule has 1 unspecified atom stereocenters. The number of hydrogen-bond acceptors (Lipinski definition) is 3. The molecule has 1 amide bonds. The van der Waals surface area contributed by atoms with Crippen LogP contribution in [0.25, 0.3) is 0 Å². The second-order valence-electron chi connectivity index (χ2n) is 6.08. The average molecular weight is 349 g/mol. The molecule has 1 N–H and O–H groups in total. The fourth-order valence-corrected chi connectivity index (χ4v) is 4.46. The van der Waals surface area contributed by atoms with Crippen LogP contribution in [0.5, 0.6) is 0 Å². The largest absolute Gasteiger partial charge is 0.352 e. The highest BCUT2D eigenvalue weighted by Crippen LogP contribution is 2.41. The van der Waals surface area contributed by atoms with Crippen molar-refractivity contribution in [1.29, 1.82) is 0 Å². The van der Waals surface area contributed by atoms with Gasteiger partial charge in [-0.3, -0.25) is 9.78 Å². The summed E-state index contributed by atoms with van der Waals surface area (Å²) in [6.07, 6.45) is 6.23. The summed E-state index contributed by atoms with van der Waals surface area (Å²) in [5, 5.41) is 3.26. The Morgan fingerprint density at radius 2 is 2.08 bits per heavy atom. The van der Waals surface area contributed by atoms with E-state index >= 15 is 0 Å². The first kappa shape index (κ1) is 16.0. The van der Waals surface area contributed by atoms with Gasteiger partial charge in [-0.15, -0.1) is 11.8 Å². The molecule has 0 aliphatic carbocycles. The molecule has 0 saturated carbocycles. The zero-order valence-electron chi connectivity index (χ0n) is 13.8. The summed E-state index contributed by atoms with van der Waals surface area (Å²) in [6, 6.07) is 16.1. The third kappa shape index (κ3) is 3.46. The van der Waals surface area contributed by atoms with Gasteiger partial charge in [0.15, 0.2) is 0 Å². The van der Waals surface area contributed by atoms with Crippen LogP contribution >= 0.6 is 11.8 Å². The lowest BCUT2D eigenvalue weighted by atomic mass is 10.1. The molecule has 3 aromatic rings. The van der Waals surface area contributed by atoms with E-state index in [2.05, 4.69) is 33.2 Å². The van der Waals surface area contributed by atoms with Gasteiger partial charge in [0.05, 0.1) is 6.42 Å². The molecule has 1 atom stereocenters. The van der Waals surface area contributed by atoms with Gasteiger partial charge in [-0.1, -0.05) is 36.4 Å². The molecule has 4 nitrogen and oxygen atoms in total. The van der Waals surface area contributed by atoms with E-state index in [9.17, 15) is 4.79 Å². The normalized spacial score (nSPS) is 15.8. The lowest BCUT2D eigenvalue weighted by Crippen LogP contribution is -2.24. The lowest BCUT2D eigenvalue weighted by molar-refractivity contribution is -0.120. The predicted molar refractivity (Wildman–Crippen MR) is 100 cm³/mol. The highest BCUT2D eigenvalue weighted by atomic mass is 32.2. The fourth-order valence-electron chi connectivity index (χ4n) is 3.12. The lowest BCUT2D eigenvalue weighted by Gasteiger charge is -2.12. The summed E-state index contributed by atoms with van der Waals surface area (Å²) in [4.78, 5) is 16.5. The molecule has 2 aromatic heterocycles. The summed E-state index contributed by atoms with van der Waals surface area (Å²) in [6.45, 7) is 0.572. The van der Waals surface area contributed by atoms with Crippen molar-refractivity contribution in [3.05, 3.63) is 89.5 Å². The van der Waals surface area contributed by atoms with E-state index in [1.165, 1.54) is 11.3 Å². The molecule has 4 rings (SSSR count). The van der Waals surface area contributed by atoms with Crippen molar-refractivity contribution in [3.63, 3.8) is 0 Å². The van der Waals surface area contributed by atoms with E-state index in [1.807, 2.05) is 54.4 Å². The van der Waals surface area contributed by atoms with Gasteiger partial charge in [-0.05, 0) is 23.3 Å². The van der Waals surface area contributed by atoms with Gasteiger partial charge in [0, 0.05) is 42.1 Å². The second-order valence-corrected chi connectivity index (χ2v) is 7.15. The highest BCUT2D eigenvalue weighted by Gasteiger charge is 2.26. The van der Waals surface area contributed by atoms with Crippen molar-refractivity contribution < 1.29 is 4.79 Å². The van der Waals surface area contributed by atoms with Crippen LogP contribution in [0.2, 0.25) is 0 Å². The first-order chi connectivity index (χ1) is 12.3. The molecule has 1 aromatic carbocycles. The molecule has 0 spiro atoms. The van der Waals surface area contributed by atoms with Crippen LogP contribution in [-0.2, 0) is 23.5 Å². The van der Waals surface area contributed by atoms with Gasteiger partial charge in [0.25, 0.3) is 0 Å². The molecule has 3 heterocycles. The van der Waals surface area contributed by atoms with Crippen LogP contribution in [0.15, 0.2) is 67.1 Å². The molecule has 5 heteroatoms. The van der Waals surface area contributed by atoms with E-state index < -0.39 is 0 Å². The second kappa shape index (κ2) is 7.15. The Balaban J connectivity index is 1.42. The standard InChI is InChI=1S/C20H19N3OS/c24-19(22-12-15-5-2-1-3-6-15)11-16-8-10-23-18(16)14-25-20(23)17-7-4-9-21-13-17/h1-10,13,20H,11-12,14H2,(H,22,24). The van der Waals surface area contributed by atoms with Crippen molar-refractivity contribution in [2.75, 3.05) is 0 Å². The molecule has 0 bridgehead atoms. The Bertz CT molecular complexity index is 861. The Hall–Kier alpha value is -2.53. The van der Waals surface area contributed by atoms with Crippen molar-refractivity contribution in [2.24, 2.45) is 0 Å². The maximum absolute atomic E-state index is 12.3. The summed E-state index contributed by atoms with van der Waals surface area (Å²) in [5.41, 5.74) is 4.67. The molecular weight excluding hydrogens is 330 g/mol. The van der Waals surface area contributed by atoms with E-state index in [1.54, 1.807) is 6.20 Å². The zero-order valence-corrected chi connectivity index (χ0v) is 14.6. The molecule has 0 radical (unpaired) electrons. The SMILES string of the molecule is O=C(Cc1ccn2c1CSC2c1cccnc1)NCc1ccccc1. The van der Waals surface area contributed by atoms with Crippen molar-refractivity contribution in [3.8, 4) is 0 Å². The molecule has 1 aliphatic rings. The van der Waals surface area contributed by atoms with Crippen LogP contribution < -0.4 is 5.32 Å². The topological polar surface area (TPSA) is 46.9 Å². The number of pyridine rings is 1. The molecule has 1 aliphatic heterocycles. The van der Waals surface area contributed by atoms with Crippen molar-refractivity contribution in [1.82, 2.24) is 14.9 Å². The third-order valence-electron chi connectivity index (χ3n) is 4.40. The number of hydrogen-bond donors (Lipinski definition) is 1. The molecule has 0 saturated heterocycles. The Morgan fingerprint density at radius 3 is 2.88 bits per heavy atom. The number of carbonyl (C=O) groups excluding carboxylic acids is 1. The number of thioether (sulfide) groups is 1. The van der Waals surface area contributed by atoms with Crippen LogP contribution in [0.4, 0.5) is 0 Å². The van der Waals surface area contributed by atoms with Gasteiger partial charge in [-0.25, -0.2) is 0 Å². The van der Waals surface area contributed by atoms with Crippen LogP contribution in [0.3, 0.4) is 0 Å². The van der Waals surface area contributed by atoms with Crippen LogP contribution in [0.1, 0.15) is 27.8 Å². The molecule has 126 valence electrons. The summed E-state index contributed by atoms with van der Waals surface area (Å²) in [7, 11) is 0. The first-order valence-electron chi connectivity index (χ1n) is 8.32. The van der Waals surface area contributed by atoms with Gasteiger partial charge in [0.2, 0.25) is 5.91 Å². The smallest absolute Gasteiger partial charge is 0.224 e. The average Bonchev–Trinajstić information content (AvgIpc) is 3.25. The van der Waals surface area contributed by atoms with E-state index in [0.29, 0.717) is 13.0 Å². The number of nitrogens with zero attached hydrogens (tertiary/aromatic N) is 2. The minimum Gasteiger partial charge on any atom is -0.352 e. The number of amides is 1. The van der Waals surface area contributed by atoms with E-state index in [4.69, 9.17) is 0 Å². The first-order valence-corrected chi connectivity index (χ1v) is 9.37. The molecular formula is C20H19N3OS. The summed E-state index contributed by atoms with van der Waals surface area (Å²) < 4.78 is 2.27. The summed E-state index contributed by atoms with van der Waals surface area (Å²) in [5.74, 6) is 0.987. The molecule has 25 heavy (non-hydrogen) atoms. The monoisotopic (exact) mass is 349 g/mol. The fraction of sp³-hybridized carbons (Fsp3) is 0.200. The minimum atomic E-state index is 0.0627. The van der Waals surface area contributed by atoms with Crippen LogP contribution in [-0.4, -0.2) is 15.5 Å². The zero-order chi connectivity index (χ0) is 17.1.